The number of carboxylic acid groups (broad SMARTS) is 1. The van der Waals surface area contributed by atoms with Gasteiger partial charge in [-0.05, 0) is 45.9 Å². The van der Waals surface area contributed by atoms with Crippen molar-refractivity contribution < 1.29 is 37.3 Å². The second-order valence-electron chi connectivity index (χ2n) is 10.5. The number of hydrogen-bond donors (Lipinski definition) is 1. The summed E-state index contributed by atoms with van der Waals surface area (Å²) in [5.74, 6) is -0.972. The van der Waals surface area contributed by atoms with Gasteiger partial charge in [0, 0.05) is 24.6 Å². The lowest BCUT2D eigenvalue weighted by Crippen LogP contribution is -2.64. The average Bonchev–Trinajstić information content (AvgIpc) is 3.26. The minimum Gasteiger partial charge on any atom is -0.465 e. The average molecular weight is 493 g/mol. The molecule has 1 aromatic rings. The van der Waals surface area contributed by atoms with Gasteiger partial charge in [-0.3, -0.25) is 14.6 Å². The van der Waals surface area contributed by atoms with Crippen molar-refractivity contribution >= 4 is 17.7 Å². The van der Waals surface area contributed by atoms with E-state index in [4.69, 9.17) is 14.7 Å². The third kappa shape index (κ3) is 2.81. The van der Waals surface area contributed by atoms with E-state index in [-0.39, 0.29) is 18.3 Å². The number of benzene rings is 1. The van der Waals surface area contributed by atoms with Crippen LogP contribution in [-0.2, 0) is 20.4 Å². The van der Waals surface area contributed by atoms with Crippen LogP contribution in [-0.4, -0.2) is 58.1 Å². The Bertz CT molecular complexity index is 1170. The van der Waals surface area contributed by atoms with E-state index >= 15 is 0 Å². The second kappa shape index (κ2) is 7.11. The first-order chi connectivity index (χ1) is 16.2. The number of rotatable bonds is 3. The van der Waals surface area contributed by atoms with Crippen LogP contribution in [0.15, 0.2) is 18.2 Å². The molecule has 0 aromatic heterocycles. The number of nitrogens with zero attached hydrogens (tertiary/aromatic N) is 3. The third-order valence-corrected chi connectivity index (χ3v) is 8.65. The summed E-state index contributed by atoms with van der Waals surface area (Å²) >= 11 is 0. The predicted molar refractivity (Wildman–Crippen MR) is 115 cm³/mol. The molecule has 4 saturated heterocycles. The molecule has 188 valence electrons. The Hall–Kier alpha value is -2.84. The molecule has 1 N–H and O–H groups in total. The van der Waals surface area contributed by atoms with Crippen LogP contribution in [0.3, 0.4) is 0 Å². The van der Waals surface area contributed by atoms with Crippen molar-refractivity contribution in [3.8, 4) is 6.07 Å². The van der Waals surface area contributed by atoms with Gasteiger partial charge in [-0.2, -0.15) is 18.4 Å². The van der Waals surface area contributed by atoms with Crippen molar-refractivity contribution in [3.63, 3.8) is 0 Å². The Morgan fingerprint density at radius 2 is 2.03 bits per heavy atom. The molecule has 0 aliphatic carbocycles. The standard InChI is InChI=1S/C24H26F3N3O5/c1-12(2)29(20(32)33)16-10-23-7-8-34-18-17(23)21(3,22(16,4)35-23)19(31)30(18)14-6-5-13(11-28)15(9-14)24(25,26)27/h5-6,9,12,16-18H,7-8,10H2,1-4H3,(H,32,33)/t16-,17-,18+,21-,22-,23+/m1/s1. The van der Waals surface area contributed by atoms with E-state index in [9.17, 15) is 27.9 Å². The summed E-state index contributed by atoms with van der Waals surface area (Å²) in [6.45, 7) is 7.17. The fraction of sp³-hybridized carbons (Fsp3) is 0.625. The summed E-state index contributed by atoms with van der Waals surface area (Å²) in [5.41, 5.74) is -4.97. The van der Waals surface area contributed by atoms with Crippen LogP contribution in [0.2, 0.25) is 0 Å². The van der Waals surface area contributed by atoms with Gasteiger partial charge in [0.1, 0.15) is 11.8 Å². The normalized spacial score (nSPS) is 37.5. The zero-order chi connectivity index (χ0) is 25.7. The number of carbonyl (C=O) groups excluding carboxylic acids is 1. The highest BCUT2D eigenvalue weighted by atomic mass is 19.4. The van der Waals surface area contributed by atoms with Crippen LogP contribution in [0.4, 0.5) is 23.7 Å². The molecule has 8 nitrogen and oxygen atoms in total. The van der Waals surface area contributed by atoms with Gasteiger partial charge in [-0.15, -0.1) is 0 Å². The molecule has 2 amide bonds. The zero-order valence-corrected chi connectivity index (χ0v) is 19.7. The van der Waals surface area contributed by atoms with E-state index < -0.39 is 64.1 Å². The maximum absolute atomic E-state index is 14.1. The van der Waals surface area contributed by atoms with Crippen LogP contribution >= 0.6 is 0 Å². The molecule has 0 radical (unpaired) electrons. The lowest BCUT2D eigenvalue weighted by molar-refractivity contribution is -0.145. The fourth-order valence-electron chi connectivity index (χ4n) is 7.12. The molecule has 4 aliphatic heterocycles. The number of carbonyl (C=O) groups is 2. The molecule has 1 spiro atoms. The summed E-state index contributed by atoms with van der Waals surface area (Å²) in [6.07, 6.45) is -5.95. The summed E-state index contributed by atoms with van der Waals surface area (Å²) < 4.78 is 53.6. The largest absolute Gasteiger partial charge is 0.465 e. The summed E-state index contributed by atoms with van der Waals surface area (Å²) in [4.78, 5) is 28.9. The highest BCUT2D eigenvalue weighted by Gasteiger charge is 2.84. The highest BCUT2D eigenvalue weighted by Crippen LogP contribution is 2.71. The van der Waals surface area contributed by atoms with Gasteiger partial charge in [0.25, 0.3) is 0 Å². The molecule has 11 heteroatoms. The molecule has 2 bridgehead atoms. The van der Waals surface area contributed by atoms with Crippen LogP contribution in [0.5, 0.6) is 0 Å². The third-order valence-electron chi connectivity index (χ3n) is 8.65. The predicted octanol–water partition coefficient (Wildman–Crippen LogP) is 3.98. The van der Waals surface area contributed by atoms with Crippen molar-refractivity contribution in [1.82, 2.24) is 4.90 Å². The lowest BCUT2D eigenvalue weighted by atomic mass is 9.55. The number of alkyl halides is 3. The molecule has 4 heterocycles. The zero-order valence-electron chi connectivity index (χ0n) is 19.7. The maximum atomic E-state index is 14.1. The summed E-state index contributed by atoms with van der Waals surface area (Å²) in [7, 11) is 0. The van der Waals surface area contributed by atoms with Crippen molar-refractivity contribution in [2.75, 3.05) is 11.5 Å². The topological polar surface area (TPSA) is 103 Å². The van der Waals surface area contributed by atoms with E-state index in [1.807, 2.05) is 0 Å². The number of fused-ring (bicyclic) bond motifs is 2. The minimum atomic E-state index is -4.78. The van der Waals surface area contributed by atoms with Gasteiger partial charge in [0.05, 0.1) is 46.8 Å². The van der Waals surface area contributed by atoms with Gasteiger partial charge < -0.3 is 14.6 Å². The van der Waals surface area contributed by atoms with E-state index in [1.165, 1.54) is 15.9 Å². The van der Waals surface area contributed by atoms with Crippen molar-refractivity contribution in [2.45, 2.75) is 76.2 Å². The molecule has 6 atom stereocenters. The van der Waals surface area contributed by atoms with Gasteiger partial charge >= 0.3 is 12.3 Å². The Morgan fingerprint density at radius 1 is 1.34 bits per heavy atom. The Kier molecular flexibility index (Phi) is 4.85. The monoisotopic (exact) mass is 493 g/mol. The number of amides is 2. The molecule has 0 saturated carbocycles. The van der Waals surface area contributed by atoms with Crippen LogP contribution in [0.25, 0.3) is 0 Å². The van der Waals surface area contributed by atoms with Gasteiger partial charge in [-0.25, -0.2) is 4.79 Å². The molecule has 4 fully saturated rings. The first kappa shape index (κ1) is 23.9. The number of nitriles is 1. The SMILES string of the molecule is CC(C)N(C(=O)O)[C@@H]1C[C@@]23CCO[C@H]4[C@@H]2[C@](C)(C(=O)N4c2ccc(C#N)c(C(F)(F)F)c2)[C@]1(C)O3. The second-order valence-corrected chi connectivity index (χ2v) is 10.5. The van der Waals surface area contributed by atoms with Crippen molar-refractivity contribution in [1.29, 1.82) is 5.26 Å². The minimum absolute atomic E-state index is 0.0162. The van der Waals surface area contributed by atoms with Crippen LogP contribution in [0.1, 0.15) is 51.7 Å². The number of anilines is 1. The lowest BCUT2D eigenvalue weighted by Gasteiger charge is -2.49. The smallest absolute Gasteiger partial charge is 0.417 e. The van der Waals surface area contributed by atoms with Gasteiger partial charge in [0.2, 0.25) is 5.91 Å². The molecule has 0 unspecified atom stereocenters. The quantitative estimate of drug-likeness (QED) is 0.683. The summed E-state index contributed by atoms with van der Waals surface area (Å²) in [5, 5.41) is 19.1. The first-order valence-electron chi connectivity index (χ1n) is 11.5. The molecule has 4 aliphatic rings. The number of halogens is 3. The van der Waals surface area contributed by atoms with E-state index in [2.05, 4.69) is 0 Å². The van der Waals surface area contributed by atoms with Gasteiger partial charge in [0.15, 0.2) is 0 Å². The van der Waals surface area contributed by atoms with Crippen LogP contribution < -0.4 is 4.90 Å². The van der Waals surface area contributed by atoms with Crippen molar-refractivity contribution in [2.24, 2.45) is 11.3 Å². The Labute approximate surface area is 200 Å². The fourth-order valence-corrected chi connectivity index (χ4v) is 7.12. The van der Waals surface area contributed by atoms with E-state index in [1.54, 1.807) is 33.8 Å². The Morgan fingerprint density at radius 3 is 2.60 bits per heavy atom. The van der Waals surface area contributed by atoms with Crippen LogP contribution in [0, 0.1) is 22.7 Å². The molecular weight excluding hydrogens is 467 g/mol. The first-order valence-corrected chi connectivity index (χ1v) is 11.5. The molecule has 5 rings (SSSR count). The Balaban J connectivity index is 1.65. The molecule has 1 aromatic carbocycles. The molecular formula is C24H26F3N3O5. The summed E-state index contributed by atoms with van der Waals surface area (Å²) in [6, 6.07) is 3.76. The maximum Gasteiger partial charge on any atom is 0.417 e. The highest BCUT2D eigenvalue weighted by molar-refractivity contribution is 6.02. The number of ether oxygens (including phenoxy) is 2. The molecule has 35 heavy (non-hydrogen) atoms. The van der Waals surface area contributed by atoms with Crippen molar-refractivity contribution in [3.05, 3.63) is 29.3 Å². The van der Waals surface area contributed by atoms with Gasteiger partial charge in [-0.1, -0.05) is 0 Å². The number of hydrogen-bond acceptors (Lipinski definition) is 5. The van der Waals surface area contributed by atoms with E-state index in [0.29, 0.717) is 12.8 Å². The van der Waals surface area contributed by atoms with E-state index in [0.717, 1.165) is 12.1 Å².